The molecule has 104 valence electrons. The topological polar surface area (TPSA) is 54.5 Å². The van der Waals surface area contributed by atoms with Crippen molar-refractivity contribution in [1.29, 1.82) is 0 Å². The van der Waals surface area contributed by atoms with Crippen molar-refractivity contribution in [1.82, 2.24) is 9.88 Å². The molecule has 1 aliphatic heterocycles. The number of amides is 1. The Morgan fingerprint density at radius 1 is 1.58 bits per heavy atom. The Morgan fingerprint density at radius 2 is 2.42 bits per heavy atom. The van der Waals surface area contributed by atoms with Crippen LogP contribution in [0.25, 0.3) is 0 Å². The first-order valence-electron chi connectivity index (χ1n) is 6.84. The summed E-state index contributed by atoms with van der Waals surface area (Å²) in [5.74, 6) is -0.00472. The number of carbonyl (C=O) groups is 1. The van der Waals surface area contributed by atoms with Gasteiger partial charge in [0.2, 0.25) is 0 Å². The van der Waals surface area contributed by atoms with Crippen molar-refractivity contribution >= 4 is 11.6 Å². The van der Waals surface area contributed by atoms with Gasteiger partial charge in [-0.2, -0.15) is 0 Å². The molecule has 1 unspecified atom stereocenters. The number of rotatable bonds is 4. The number of morpholine rings is 1. The van der Waals surface area contributed by atoms with Crippen LogP contribution in [0.5, 0.6) is 0 Å². The van der Waals surface area contributed by atoms with Gasteiger partial charge in [-0.25, -0.2) is 0 Å². The molecular weight excluding hydrogens is 242 g/mol. The SMILES string of the molecule is CCNc1ccnc(C(=O)N2CCOCC2CC)c1. The third-order valence-corrected chi connectivity index (χ3v) is 3.32. The number of anilines is 1. The number of ether oxygens (including phenoxy) is 1. The Balaban J connectivity index is 2.15. The lowest BCUT2D eigenvalue weighted by Crippen LogP contribution is -2.48. The van der Waals surface area contributed by atoms with Crippen LogP contribution in [-0.4, -0.2) is 48.1 Å². The molecule has 1 saturated heterocycles. The van der Waals surface area contributed by atoms with Crippen molar-refractivity contribution in [2.24, 2.45) is 0 Å². The predicted octanol–water partition coefficient (Wildman–Crippen LogP) is 1.76. The maximum atomic E-state index is 12.5. The third kappa shape index (κ3) is 3.23. The van der Waals surface area contributed by atoms with Crippen LogP contribution in [0, 0.1) is 0 Å². The zero-order valence-corrected chi connectivity index (χ0v) is 11.6. The number of nitrogens with one attached hydrogen (secondary N) is 1. The largest absolute Gasteiger partial charge is 0.385 e. The average Bonchev–Trinajstić information content (AvgIpc) is 2.47. The molecule has 5 heteroatoms. The van der Waals surface area contributed by atoms with Gasteiger partial charge in [0, 0.05) is 25.0 Å². The molecule has 1 aliphatic rings. The van der Waals surface area contributed by atoms with Crippen molar-refractivity contribution in [3.8, 4) is 0 Å². The molecule has 1 aromatic rings. The average molecular weight is 263 g/mol. The van der Waals surface area contributed by atoms with Crippen LogP contribution in [0.1, 0.15) is 30.8 Å². The number of carbonyl (C=O) groups excluding carboxylic acids is 1. The van der Waals surface area contributed by atoms with Gasteiger partial charge in [-0.1, -0.05) is 6.92 Å². The maximum absolute atomic E-state index is 12.5. The van der Waals surface area contributed by atoms with Crippen LogP contribution in [0.2, 0.25) is 0 Å². The van der Waals surface area contributed by atoms with Crippen LogP contribution in [0.4, 0.5) is 5.69 Å². The van der Waals surface area contributed by atoms with Crippen LogP contribution in [0.15, 0.2) is 18.3 Å². The van der Waals surface area contributed by atoms with E-state index in [4.69, 9.17) is 4.74 Å². The quantitative estimate of drug-likeness (QED) is 0.899. The van der Waals surface area contributed by atoms with Crippen LogP contribution in [-0.2, 0) is 4.74 Å². The summed E-state index contributed by atoms with van der Waals surface area (Å²) in [7, 11) is 0. The Kier molecular flexibility index (Phi) is 4.74. The van der Waals surface area contributed by atoms with E-state index in [2.05, 4.69) is 17.2 Å². The fourth-order valence-electron chi connectivity index (χ4n) is 2.27. The molecule has 2 rings (SSSR count). The zero-order valence-electron chi connectivity index (χ0n) is 11.6. The van der Waals surface area contributed by atoms with E-state index in [1.54, 1.807) is 6.20 Å². The molecule has 0 spiro atoms. The summed E-state index contributed by atoms with van der Waals surface area (Å²) in [6.45, 7) is 6.79. The Morgan fingerprint density at radius 3 is 3.16 bits per heavy atom. The predicted molar refractivity (Wildman–Crippen MR) is 74.3 cm³/mol. The molecule has 19 heavy (non-hydrogen) atoms. The van der Waals surface area contributed by atoms with Crippen molar-refractivity contribution in [3.63, 3.8) is 0 Å². The third-order valence-electron chi connectivity index (χ3n) is 3.32. The van der Waals surface area contributed by atoms with Crippen molar-refractivity contribution in [2.75, 3.05) is 31.6 Å². The Bertz CT molecular complexity index is 436. The highest BCUT2D eigenvalue weighted by Crippen LogP contribution is 2.15. The fraction of sp³-hybridized carbons (Fsp3) is 0.571. The summed E-state index contributed by atoms with van der Waals surface area (Å²) in [6, 6.07) is 3.84. The fourth-order valence-corrected chi connectivity index (χ4v) is 2.27. The number of nitrogens with zero attached hydrogens (tertiary/aromatic N) is 2. The highest BCUT2D eigenvalue weighted by molar-refractivity contribution is 5.93. The first-order valence-corrected chi connectivity index (χ1v) is 6.84. The summed E-state index contributed by atoms with van der Waals surface area (Å²) < 4.78 is 5.42. The van der Waals surface area contributed by atoms with Gasteiger partial charge in [0.25, 0.3) is 5.91 Å². The minimum Gasteiger partial charge on any atom is -0.385 e. The number of aromatic nitrogens is 1. The van der Waals surface area contributed by atoms with Crippen molar-refractivity contribution < 1.29 is 9.53 Å². The van der Waals surface area contributed by atoms with E-state index in [1.807, 2.05) is 24.0 Å². The molecule has 1 aromatic heterocycles. The summed E-state index contributed by atoms with van der Waals surface area (Å²) in [5.41, 5.74) is 1.43. The van der Waals surface area contributed by atoms with Crippen molar-refractivity contribution in [3.05, 3.63) is 24.0 Å². The van der Waals surface area contributed by atoms with Gasteiger partial charge in [-0.05, 0) is 25.5 Å². The van der Waals surface area contributed by atoms with Crippen LogP contribution < -0.4 is 5.32 Å². The molecule has 0 radical (unpaired) electrons. The van der Waals surface area contributed by atoms with Crippen molar-refractivity contribution in [2.45, 2.75) is 26.3 Å². The van der Waals surface area contributed by atoms with Gasteiger partial charge in [-0.15, -0.1) is 0 Å². The molecule has 0 aliphatic carbocycles. The van der Waals surface area contributed by atoms with E-state index in [1.165, 1.54) is 0 Å². The summed E-state index contributed by atoms with van der Waals surface area (Å²) in [6.07, 6.45) is 2.57. The van der Waals surface area contributed by atoms with Gasteiger partial charge in [0.15, 0.2) is 0 Å². The molecule has 1 amide bonds. The highest BCUT2D eigenvalue weighted by atomic mass is 16.5. The minimum atomic E-state index is -0.00472. The lowest BCUT2D eigenvalue weighted by Gasteiger charge is -2.34. The molecule has 1 atom stereocenters. The molecule has 0 bridgehead atoms. The zero-order chi connectivity index (χ0) is 13.7. The van der Waals surface area contributed by atoms with Crippen LogP contribution >= 0.6 is 0 Å². The molecule has 1 fully saturated rings. The van der Waals surface area contributed by atoms with E-state index in [0.717, 1.165) is 18.7 Å². The minimum absolute atomic E-state index is 0.00472. The smallest absolute Gasteiger partial charge is 0.272 e. The van der Waals surface area contributed by atoms with E-state index >= 15 is 0 Å². The number of hydrogen-bond acceptors (Lipinski definition) is 4. The second-order valence-corrected chi connectivity index (χ2v) is 4.60. The molecular formula is C14H21N3O2. The van der Waals surface area contributed by atoms with Gasteiger partial charge < -0.3 is 15.0 Å². The van der Waals surface area contributed by atoms with E-state index in [0.29, 0.717) is 25.5 Å². The van der Waals surface area contributed by atoms with Gasteiger partial charge in [-0.3, -0.25) is 9.78 Å². The van der Waals surface area contributed by atoms with E-state index in [-0.39, 0.29) is 11.9 Å². The van der Waals surface area contributed by atoms with Gasteiger partial charge >= 0.3 is 0 Å². The monoisotopic (exact) mass is 263 g/mol. The molecule has 0 aromatic carbocycles. The maximum Gasteiger partial charge on any atom is 0.272 e. The van der Waals surface area contributed by atoms with Gasteiger partial charge in [0.1, 0.15) is 5.69 Å². The van der Waals surface area contributed by atoms with E-state index in [9.17, 15) is 4.79 Å². The standard InChI is InChI=1S/C14H21N3O2/c1-3-12-10-19-8-7-17(12)14(18)13-9-11(15-4-2)5-6-16-13/h5-6,9,12H,3-4,7-8,10H2,1-2H3,(H,15,16). The molecule has 0 saturated carbocycles. The first kappa shape index (κ1) is 13.8. The molecule has 1 N–H and O–H groups in total. The lowest BCUT2D eigenvalue weighted by atomic mass is 10.1. The summed E-state index contributed by atoms with van der Waals surface area (Å²) >= 11 is 0. The normalized spacial score (nSPS) is 19.3. The Labute approximate surface area is 114 Å². The van der Waals surface area contributed by atoms with E-state index < -0.39 is 0 Å². The molecule has 2 heterocycles. The highest BCUT2D eigenvalue weighted by Gasteiger charge is 2.27. The second-order valence-electron chi connectivity index (χ2n) is 4.60. The number of pyridine rings is 1. The van der Waals surface area contributed by atoms with Crippen LogP contribution in [0.3, 0.4) is 0 Å². The first-order chi connectivity index (χ1) is 9.26. The van der Waals surface area contributed by atoms with Gasteiger partial charge in [0.05, 0.1) is 19.3 Å². The summed E-state index contributed by atoms with van der Waals surface area (Å²) in [5, 5.41) is 3.20. The Hall–Kier alpha value is -1.62. The summed E-state index contributed by atoms with van der Waals surface area (Å²) in [4.78, 5) is 18.6. The number of hydrogen-bond donors (Lipinski definition) is 1. The molecule has 5 nitrogen and oxygen atoms in total. The second kappa shape index (κ2) is 6.52. The lowest BCUT2D eigenvalue weighted by molar-refractivity contribution is -0.00310.